The number of rotatable bonds is 2. The van der Waals surface area contributed by atoms with Crippen LogP contribution in [0.1, 0.15) is 38.1 Å². The predicted octanol–water partition coefficient (Wildman–Crippen LogP) is 3.06. The van der Waals surface area contributed by atoms with Gasteiger partial charge in [-0.15, -0.1) is 0 Å². The number of carboxylic acids is 1. The van der Waals surface area contributed by atoms with E-state index in [-0.39, 0.29) is 52.3 Å². The second-order valence-electron chi connectivity index (χ2n) is 6.64. The molecular formula is C20H25CaN3O3. The van der Waals surface area contributed by atoms with Crippen LogP contribution in [0.4, 0.5) is 0 Å². The predicted molar refractivity (Wildman–Crippen MR) is 107 cm³/mol. The van der Waals surface area contributed by atoms with Crippen LogP contribution in [0.2, 0.25) is 0 Å². The third-order valence-corrected chi connectivity index (χ3v) is 4.92. The number of nitrogens with zero attached hydrogens (tertiary/aromatic N) is 3. The molecule has 140 valence electrons. The van der Waals surface area contributed by atoms with Gasteiger partial charge in [-0.25, -0.2) is 4.98 Å². The summed E-state index contributed by atoms with van der Waals surface area (Å²) in [5.41, 5.74) is 3.28. The van der Waals surface area contributed by atoms with E-state index >= 15 is 0 Å². The second kappa shape index (κ2) is 9.04. The van der Waals surface area contributed by atoms with Gasteiger partial charge in [-0.1, -0.05) is 18.2 Å². The molecule has 7 heteroatoms. The molecule has 2 heterocycles. The molecule has 1 aliphatic carbocycles. The first-order valence-corrected chi connectivity index (χ1v) is 8.68. The van der Waals surface area contributed by atoms with Crippen LogP contribution >= 0.6 is 0 Å². The van der Waals surface area contributed by atoms with Gasteiger partial charge < -0.3 is 17.1 Å². The number of ketones is 1. The summed E-state index contributed by atoms with van der Waals surface area (Å²) in [7, 11) is 2.06. The fraction of sp³-hybridized carbons (Fsp3) is 0.350. The number of benzene rings is 1. The summed E-state index contributed by atoms with van der Waals surface area (Å²) in [6.45, 7) is 3.80. The fourth-order valence-corrected chi connectivity index (χ4v) is 3.67. The Hall–Kier alpha value is -1.63. The zero-order valence-electron chi connectivity index (χ0n) is 18.0. The summed E-state index contributed by atoms with van der Waals surface area (Å²) >= 11 is 0. The quantitative estimate of drug-likeness (QED) is 0.677. The Morgan fingerprint density at radius 3 is 2.67 bits per heavy atom. The number of aliphatic carboxylic acids is 1. The molecule has 0 bridgehead atoms. The molecule has 1 aliphatic rings. The average Bonchev–Trinajstić information content (AvgIpc) is 3.12. The van der Waals surface area contributed by atoms with Crippen molar-refractivity contribution < 1.29 is 17.5 Å². The van der Waals surface area contributed by atoms with E-state index in [9.17, 15) is 4.79 Å². The Morgan fingerprint density at radius 2 is 2.04 bits per heavy atom. The van der Waals surface area contributed by atoms with E-state index in [4.69, 9.17) is 9.90 Å². The minimum Gasteiger partial charge on any atom is -1.00 e. The Balaban J connectivity index is 0.00000103. The summed E-state index contributed by atoms with van der Waals surface area (Å²) in [5, 5.41) is 8.51. The summed E-state index contributed by atoms with van der Waals surface area (Å²) in [4.78, 5) is 26.3. The number of hydrogen-bond acceptors (Lipinski definition) is 3. The molecule has 0 aliphatic heterocycles. The van der Waals surface area contributed by atoms with E-state index < -0.39 is 5.97 Å². The topological polar surface area (TPSA) is 77.1 Å². The number of para-hydroxylation sites is 1. The molecule has 27 heavy (non-hydrogen) atoms. The molecule has 0 saturated carbocycles. The molecule has 0 amide bonds. The maximum Gasteiger partial charge on any atom is 2.00 e. The number of hydrogen-bond donors (Lipinski definition) is 1. The SMILES string of the molecule is CC(=O)O.Cc1nccn1CC1CCc2c(c3ccccc3n2C)C1=O.[Ca+2].[H-].[H-]. The standard InChI is InChI=1S/C18H19N3O.C2H4O2.Ca.2H/c1-12-19-9-10-21(12)11-13-7-8-16-17(18(13)22)14-5-3-4-6-15(14)20(16)2;1-2(3)4;;;/h3-6,9-10,13H,7-8,11H2,1-2H3;1H3,(H,3,4);;;/q;;+2;2*-1. The van der Waals surface area contributed by atoms with Crippen molar-refractivity contribution in [2.75, 3.05) is 0 Å². The molecule has 6 nitrogen and oxygen atoms in total. The van der Waals surface area contributed by atoms with Gasteiger partial charge in [0.2, 0.25) is 0 Å². The Bertz CT molecular complexity index is 981. The molecule has 3 aromatic rings. The minimum absolute atomic E-state index is 0. The third-order valence-electron chi connectivity index (χ3n) is 4.92. The first-order valence-electron chi connectivity index (χ1n) is 8.68. The van der Waals surface area contributed by atoms with Gasteiger partial charge in [0.05, 0.1) is 0 Å². The van der Waals surface area contributed by atoms with Gasteiger partial charge in [0.1, 0.15) is 5.82 Å². The van der Waals surface area contributed by atoms with Crippen LogP contribution < -0.4 is 0 Å². The Labute approximate surface area is 191 Å². The van der Waals surface area contributed by atoms with Crippen molar-refractivity contribution in [2.24, 2.45) is 13.0 Å². The van der Waals surface area contributed by atoms with Crippen molar-refractivity contribution in [3.05, 3.63) is 53.7 Å². The molecule has 1 atom stereocenters. The van der Waals surface area contributed by atoms with Crippen molar-refractivity contribution in [3.8, 4) is 0 Å². The molecule has 0 fully saturated rings. The van der Waals surface area contributed by atoms with E-state index in [1.807, 2.05) is 25.3 Å². The van der Waals surface area contributed by atoms with Gasteiger partial charge >= 0.3 is 37.7 Å². The number of Topliss-reactive ketones (excluding diaryl/α,β-unsaturated/α-hetero) is 1. The zero-order valence-corrected chi connectivity index (χ0v) is 18.2. The van der Waals surface area contributed by atoms with E-state index in [2.05, 4.69) is 33.3 Å². The smallest absolute Gasteiger partial charge is 1.00 e. The molecule has 0 radical (unpaired) electrons. The summed E-state index contributed by atoms with van der Waals surface area (Å²) in [5.74, 6) is 0.467. The number of fused-ring (bicyclic) bond motifs is 3. The van der Waals surface area contributed by atoms with Gasteiger partial charge in [0.25, 0.3) is 5.97 Å². The first-order chi connectivity index (χ1) is 12.4. The average molecular weight is 396 g/mol. The van der Waals surface area contributed by atoms with Gasteiger partial charge in [-0.3, -0.25) is 9.59 Å². The monoisotopic (exact) mass is 395 g/mol. The van der Waals surface area contributed by atoms with Crippen molar-refractivity contribution in [1.82, 2.24) is 14.1 Å². The van der Waals surface area contributed by atoms with Crippen LogP contribution in [0.5, 0.6) is 0 Å². The number of imidazole rings is 1. The fourth-order valence-electron chi connectivity index (χ4n) is 3.67. The Morgan fingerprint density at radius 1 is 1.37 bits per heavy atom. The number of carbonyl (C=O) groups is 2. The molecule has 2 aromatic heterocycles. The van der Waals surface area contributed by atoms with Gasteiger partial charge in [-0.05, 0) is 25.8 Å². The molecule has 1 unspecified atom stereocenters. The van der Waals surface area contributed by atoms with Crippen LogP contribution in [0.3, 0.4) is 0 Å². The van der Waals surface area contributed by atoms with Crippen LogP contribution in [0.15, 0.2) is 36.7 Å². The molecule has 0 spiro atoms. The number of aromatic nitrogens is 3. The summed E-state index contributed by atoms with van der Waals surface area (Å²) in [6, 6.07) is 8.21. The molecule has 0 saturated heterocycles. The molecule has 1 N–H and O–H groups in total. The van der Waals surface area contributed by atoms with E-state index in [0.717, 1.165) is 48.6 Å². The maximum atomic E-state index is 13.0. The third kappa shape index (κ3) is 4.45. The molecular weight excluding hydrogens is 370 g/mol. The summed E-state index contributed by atoms with van der Waals surface area (Å²) in [6.07, 6.45) is 5.63. The van der Waals surface area contributed by atoms with Gasteiger partial charge in [0.15, 0.2) is 5.78 Å². The van der Waals surface area contributed by atoms with Crippen molar-refractivity contribution >= 4 is 60.4 Å². The zero-order chi connectivity index (χ0) is 18.8. The second-order valence-corrected chi connectivity index (χ2v) is 6.64. The largest absolute Gasteiger partial charge is 2.00 e. The number of carbonyl (C=O) groups excluding carboxylic acids is 1. The molecule has 4 rings (SSSR count). The maximum absolute atomic E-state index is 13.0. The van der Waals surface area contributed by atoms with Crippen LogP contribution in [-0.4, -0.2) is 68.7 Å². The van der Waals surface area contributed by atoms with E-state index in [1.165, 1.54) is 5.69 Å². The number of carboxylic acid groups (broad SMARTS) is 1. The van der Waals surface area contributed by atoms with Crippen LogP contribution in [0.25, 0.3) is 10.9 Å². The van der Waals surface area contributed by atoms with E-state index in [0.29, 0.717) is 0 Å². The number of aryl methyl sites for hydroxylation is 2. The first kappa shape index (κ1) is 21.7. The normalized spacial score (nSPS) is 15.5. The van der Waals surface area contributed by atoms with Crippen molar-refractivity contribution in [2.45, 2.75) is 33.2 Å². The van der Waals surface area contributed by atoms with Crippen molar-refractivity contribution in [1.29, 1.82) is 0 Å². The van der Waals surface area contributed by atoms with Crippen LogP contribution in [-0.2, 0) is 24.8 Å². The van der Waals surface area contributed by atoms with Gasteiger partial charge in [0, 0.05) is 61.0 Å². The van der Waals surface area contributed by atoms with E-state index in [1.54, 1.807) is 6.20 Å². The summed E-state index contributed by atoms with van der Waals surface area (Å²) < 4.78 is 4.26. The molecule has 1 aromatic carbocycles. The minimum atomic E-state index is -0.833. The van der Waals surface area contributed by atoms with Crippen molar-refractivity contribution in [3.63, 3.8) is 0 Å². The van der Waals surface area contributed by atoms with Gasteiger partial charge in [-0.2, -0.15) is 0 Å². The van der Waals surface area contributed by atoms with Crippen LogP contribution in [0, 0.1) is 12.8 Å². The Kier molecular flexibility index (Phi) is 7.25.